The van der Waals surface area contributed by atoms with E-state index in [0.29, 0.717) is 6.61 Å². The summed E-state index contributed by atoms with van der Waals surface area (Å²) in [4.78, 5) is 22.3. The van der Waals surface area contributed by atoms with Gasteiger partial charge in [0.25, 0.3) is 0 Å². The summed E-state index contributed by atoms with van der Waals surface area (Å²) in [6.45, 7) is 6.20. The van der Waals surface area contributed by atoms with Gasteiger partial charge in [0.2, 0.25) is 0 Å². The van der Waals surface area contributed by atoms with Gasteiger partial charge in [-0.2, -0.15) is 0 Å². The first-order valence-electron chi connectivity index (χ1n) is 6.55. The third kappa shape index (κ3) is 8.06. The van der Waals surface area contributed by atoms with Crippen LogP contribution in [0.5, 0.6) is 0 Å². The van der Waals surface area contributed by atoms with Crippen LogP contribution in [0.2, 0.25) is 0 Å². The van der Waals surface area contributed by atoms with E-state index in [2.05, 4.69) is 0 Å². The molecule has 2 atom stereocenters. The fraction of sp³-hybridized carbons (Fsp3) is 0.846. The van der Waals surface area contributed by atoms with Gasteiger partial charge in [-0.3, -0.25) is 4.79 Å². The van der Waals surface area contributed by atoms with Crippen molar-refractivity contribution >= 4 is 11.9 Å². The van der Waals surface area contributed by atoms with Crippen LogP contribution in [0, 0.1) is 0 Å². The largest absolute Gasteiger partial charge is 0.481 e. The molecule has 0 saturated heterocycles. The first-order chi connectivity index (χ1) is 8.51. The highest BCUT2D eigenvalue weighted by Gasteiger charge is 2.23. The number of ether oxygens (including phenoxy) is 2. The molecule has 1 N–H and O–H groups in total. The molecule has 0 aliphatic carbocycles. The normalized spacial score (nSPS) is 13.9. The number of carbonyl (C=O) groups excluding carboxylic acids is 1. The van der Waals surface area contributed by atoms with Crippen LogP contribution in [0.4, 0.5) is 0 Å². The highest BCUT2D eigenvalue weighted by Crippen LogP contribution is 2.10. The molecule has 0 spiro atoms. The minimum absolute atomic E-state index is 0.0916. The Kier molecular flexibility index (Phi) is 9.28. The van der Waals surface area contributed by atoms with Gasteiger partial charge in [-0.25, -0.2) is 4.79 Å². The lowest BCUT2D eigenvalue weighted by Crippen LogP contribution is -2.30. The lowest BCUT2D eigenvalue weighted by molar-refractivity contribution is -0.163. The maximum Gasteiger partial charge on any atom is 0.335 e. The zero-order valence-corrected chi connectivity index (χ0v) is 11.5. The molecule has 0 aromatic carbocycles. The van der Waals surface area contributed by atoms with E-state index in [0.717, 1.165) is 19.3 Å². The molecule has 0 bridgehead atoms. The van der Waals surface area contributed by atoms with Gasteiger partial charge in [0.1, 0.15) is 0 Å². The Morgan fingerprint density at radius 2 is 1.83 bits per heavy atom. The third-order valence-electron chi connectivity index (χ3n) is 2.42. The molecule has 0 amide bonds. The second kappa shape index (κ2) is 9.88. The zero-order chi connectivity index (χ0) is 14.0. The third-order valence-corrected chi connectivity index (χ3v) is 2.42. The molecule has 0 rings (SSSR count). The number of hydrogen-bond donors (Lipinski definition) is 1. The van der Waals surface area contributed by atoms with Crippen molar-refractivity contribution in [3.05, 3.63) is 0 Å². The van der Waals surface area contributed by atoms with Crippen LogP contribution in [0.15, 0.2) is 0 Å². The van der Waals surface area contributed by atoms with Crippen molar-refractivity contribution in [2.24, 2.45) is 0 Å². The summed E-state index contributed by atoms with van der Waals surface area (Å²) in [5.41, 5.74) is 0. The van der Waals surface area contributed by atoms with E-state index in [1.807, 2.05) is 20.8 Å². The van der Waals surface area contributed by atoms with Crippen molar-refractivity contribution in [1.82, 2.24) is 0 Å². The molecule has 0 aliphatic heterocycles. The second-order valence-electron chi connectivity index (χ2n) is 4.33. The number of carbonyl (C=O) groups is 2. The van der Waals surface area contributed by atoms with Gasteiger partial charge < -0.3 is 14.6 Å². The van der Waals surface area contributed by atoms with Gasteiger partial charge in [-0.1, -0.05) is 20.3 Å². The zero-order valence-electron chi connectivity index (χ0n) is 11.5. The fourth-order valence-electron chi connectivity index (χ4n) is 1.52. The SMILES string of the molecule is CCCOC(CCC(=O)O)C(=O)OC(C)CCC. The summed E-state index contributed by atoms with van der Waals surface area (Å²) in [5.74, 6) is -1.39. The molecule has 0 saturated carbocycles. The van der Waals surface area contributed by atoms with Crippen molar-refractivity contribution in [3.8, 4) is 0 Å². The number of hydrogen-bond acceptors (Lipinski definition) is 4. The Hall–Kier alpha value is -1.10. The van der Waals surface area contributed by atoms with Gasteiger partial charge in [0.05, 0.1) is 6.10 Å². The minimum Gasteiger partial charge on any atom is -0.481 e. The highest BCUT2D eigenvalue weighted by molar-refractivity contribution is 5.76. The molecular weight excluding hydrogens is 236 g/mol. The Morgan fingerprint density at radius 1 is 1.17 bits per heavy atom. The van der Waals surface area contributed by atoms with E-state index in [9.17, 15) is 9.59 Å². The summed E-state index contributed by atoms with van der Waals surface area (Å²) >= 11 is 0. The lowest BCUT2D eigenvalue weighted by atomic mass is 10.2. The first-order valence-corrected chi connectivity index (χ1v) is 6.55. The number of esters is 1. The number of carboxylic acid groups (broad SMARTS) is 1. The molecule has 0 fully saturated rings. The molecule has 5 heteroatoms. The molecule has 0 aromatic heterocycles. The second-order valence-corrected chi connectivity index (χ2v) is 4.33. The highest BCUT2D eigenvalue weighted by atomic mass is 16.6. The number of aliphatic carboxylic acids is 1. The molecule has 0 heterocycles. The van der Waals surface area contributed by atoms with E-state index in [4.69, 9.17) is 14.6 Å². The maximum absolute atomic E-state index is 11.8. The van der Waals surface area contributed by atoms with Gasteiger partial charge in [-0.15, -0.1) is 0 Å². The average Bonchev–Trinajstić information content (AvgIpc) is 2.28. The molecule has 18 heavy (non-hydrogen) atoms. The van der Waals surface area contributed by atoms with Gasteiger partial charge in [0.15, 0.2) is 6.10 Å². The lowest BCUT2D eigenvalue weighted by Gasteiger charge is -2.19. The molecule has 106 valence electrons. The molecule has 0 radical (unpaired) electrons. The smallest absolute Gasteiger partial charge is 0.335 e. The summed E-state index contributed by atoms with van der Waals surface area (Å²) in [5, 5.41) is 8.63. The van der Waals surface area contributed by atoms with E-state index in [1.54, 1.807) is 0 Å². The minimum atomic E-state index is -0.936. The van der Waals surface area contributed by atoms with Gasteiger partial charge >= 0.3 is 11.9 Å². The molecule has 5 nitrogen and oxygen atoms in total. The van der Waals surface area contributed by atoms with Crippen LogP contribution in [0.3, 0.4) is 0 Å². The quantitative estimate of drug-likeness (QED) is 0.610. The number of rotatable bonds is 10. The Morgan fingerprint density at radius 3 is 2.33 bits per heavy atom. The van der Waals surface area contributed by atoms with Crippen LogP contribution in [-0.2, 0) is 19.1 Å². The summed E-state index contributed by atoms with van der Waals surface area (Å²) in [6.07, 6.45) is 1.66. The van der Waals surface area contributed by atoms with Crippen molar-refractivity contribution in [1.29, 1.82) is 0 Å². The standard InChI is InChI=1S/C13H24O5/c1-4-6-10(3)18-13(16)11(17-9-5-2)7-8-12(14)15/h10-11H,4-9H2,1-3H3,(H,14,15). The Bertz CT molecular complexity index is 252. The van der Waals surface area contributed by atoms with Crippen molar-refractivity contribution < 1.29 is 24.2 Å². The van der Waals surface area contributed by atoms with Crippen LogP contribution in [0.1, 0.15) is 52.9 Å². The van der Waals surface area contributed by atoms with Crippen LogP contribution in [0.25, 0.3) is 0 Å². The van der Waals surface area contributed by atoms with E-state index in [-0.39, 0.29) is 18.9 Å². The maximum atomic E-state index is 11.8. The molecular formula is C13H24O5. The predicted octanol–water partition coefficient (Wildman–Crippen LogP) is 2.38. The summed E-state index contributed by atoms with van der Waals surface area (Å²) < 4.78 is 10.6. The fourth-order valence-corrected chi connectivity index (χ4v) is 1.52. The van der Waals surface area contributed by atoms with Crippen molar-refractivity contribution in [2.75, 3.05) is 6.61 Å². The summed E-state index contributed by atoms with van der Waals surface area (Å²) in [7, 11) is 0. The Balaban J connectivity index is 4.24. The summed E-state index contributed by atoms with van der Waals surface area (Å²) in [6, 6.07) is 0. The van der Waals surface area contributed by atoms with Crippen molar-refractivity contribution in [3.63, 3.8) is 0 Å². The van der Waals surface area contributed by atoms with Gasteiger partial charge in [0, 0.05) is 13.0 Å². The topological polar surface area (TPSA) is 72.8 Å². The predicted molar refractivity (Wildman–Crippen MR) is 67.4 cm³/mol. The molecule has 0 aliphatic rings. The van der Waals surface area contributed by atoms with E-state index >= 15 is 0 Å². The van der Waals surface area contributed by atoms with Crippen LogP contribution >= 0.6 is 0 Å². The van der Waals surface area contributed by atoms with Gasteiger partial charge in [-0.05, 0) is 26.2 Å². The van der Waals surface area contributed by atoms with Crippen LogP contribution < -0.4 is 0 Å². The first kappa shape index (κ1) is 16.9. The van der Waals surface area contributed by atoms with E-state index < -0.39 is 18.0 Å². The monoisotopic (exact) mass is 260 g/mol. The van der Waals surface area contributed by atoms with Crippen molar-refractivity contribution in [2.45, 2.75) is 65.1 Å². The number of carboxylic acids is 1. The average molecular weight is 260 g/mol. The molecule has 0 aromatic rings. The van der Waals surface area contributed by atoms with E-state index in [1.165, 1.54) is 0 Å². The Labute approximate surface area is 108 Å². The van der Waals surface area contributed by atoms with Crippen LogP contribution in [-0.4, -0.2) is 35.9 Å². The molecule has 2 unspecified atom stereocenters.